The maximum Gasteiger partial charge on any atom is 0.207 e. The summed E-state index contributed by atoms with van der Waals surface area (Å²) in [7, 11) is 2.55. The summed E-state index contributed by atoms with van der Waals surface area (Å²) in [5.41, 5.74) is -0.641. The molecule has 0 amide bonds. The van der Waals surface area contributed by atoms with Crippen LogP contribution in [-0.2, 0) is 0 Å². The first-order valence-electron chi connectivity index (χ1n) is 7.04. The highest BCUT2D eigenvalue weighted by atomic mass is 16.5. The van der Waals surface area contributed by atoms with Crippen LogP contribution in [0.5, 0.6) is 34.5 Å². The van der Waals surface area contributed by atoms with Gasteiger partial charge in [-0.3, -0.25) is 4.79 Å². The van der Waals surface area contributed by atoms with E-state index in [0.717, 1.165) is 18.2 Å². The van der Waals surface area contributed by atoms with Crippen molar-refractivity contribution in [1.82, 2.24) is 0 Å². The van der Waals surface area contributed by atoms with Crippen molar-refractivity contribution >= 4 is 11.0 Å². The zero-order valence-corrected chi connectivity index (χ0v) is 13.2. The van der Waals surface area contributed by atoms with Crippen molar-refractivity contribution in [3.05, 3.63) is 34.5 Å². The first-order chi connectivity index (χ1) is 11.9. The Morgan fingerprint density at radius 2 is 1.64 bits per heavy atom. The standard InChI is InChI=1S/C17H14O8/c1-23-13-5-8(15(21)17(24-2)16(13)22)11-6-10(20)14-9(19)3-7(18)4-12(14)25-11/h3-6,18-19,21-22H,1-2H3. The molecule has 0 fully saturated rings. The number of hydrogen-bond donors (Lipinski definition) is 4. The second-order valence-electron chi connectivity index (χ2n) is 5.17. The van der Waals surface area contributed by atoms with E-state index in [1.54, 1.807) is 0 Å². The fourth-order valence-corrected chi connectivity index (χ4v) is 2.54. The fraction of sp³-hybridized carbons (Fsp3) is 0.118. The van der Waals surface area contributed by atoms with Crippen molar-refractivity contribution in [3.8, 4) is 45.8 Å². The molecule has 0 saturated carbocycles. The molecule has 1 heterocycles. The van der Waals surface area contributed by atoms with Crippen LogP contribution in [0.4, 0.5) is 0 Å². The highest BCUT2D eigenvalue weighted by molar-refractivity contribution is 5.87. The Morgan fingerprint density at radius 3 is 2.28 bits per heavy atom. The van der Waals surface area contributed by atoms with Gasteiger partial charge in [0.1, 0.15) is 28.2 Å². The second-order valence-corrected chi connectivity index (χ2v) is 5.17. The number of aromatic hydroxyl groups is 4. The molecule has 0 spiro atoms. The third-order valence-electron chi connectivity index (χ3n) is 3.68. The summed E-state index contributed by atoms with van der Waals surface area (Å²) in [4.78, 5) is 12.3. The minimum atomic E-state index is -0.584. The Balaban J connectivity index is 2.36. The van der Waals surface area contributed by atoms with Crippen molar-refractivity contribution in [2.75, 3.05) is 14.2 Å². The maximum absolute atomic E-state index is 12.3. The summed E-state index contributed by atoms with van der Waals surface area (Å²) in [5, 5.41) is 39.6. The summed E-state index contributed by atoms with van der Waals surface area (Å²) < 4.78 is 15.5. The lowest BCUT2D eigenvalue weighted by Gasteiger charge is -2.14. The van der Waals surface area contributed by atoms with E-state index in [-0.39, 0.29) is 39.5 Å². The largest absolute Gasteiger partial charge is 0.508 e. The van der Waals surface area contributed by atoms with E-state index in [1.165, 1.54) is 20.3 Å². The van der Waals surface area contributed by atoms with Crippen molar-refractivity contribution in [2.24, 2.45) is 0 Å². The van der Waals surface area contributed by atoms with Gasteiger partial charge in [0.25, 0.3) is 0 Å². The molecule has 0 atom stereocenters. The van der Waals surface area contributed by atoms with Gasteiger partial charge in [-0.15, -0.1) is 0 Å². The molecule has 0 aliphatic heterocycles. The number of phenolic OH excluding ortho intramolecular Hbond substituents is 4. The predicted octanol–water partition coefficient (Wildman–Crippen LogP) is 2.30. The van der Waals surface area contributed by atoms with Gasteiger partial charge in [0, 0.05) is 18.2 Å². The van der Waals surface area contributed by atoms with Gasteiger partial charge in [0.05, 0.1) is 19.8 Å². The van der Waals surface area contributed by atoms with Crippen LogP contribution < -0.4 is 14.9 Å². The average Bonchev–Trinajstić information content (AvgIpc) is 2.54. The Hall–Kier alpha value is -3.55. The van der Waals surface area contributed by atoms with Crippen LogP contribution in [0.15, 0.2) is 33.5 Å². The Kier molecular flexibility index (Phi) is 3.80. The molecule has 1 aromatic heterocycles. The van der Waals surface area contributed by atoms with Gasteiger partial charge in [-0.2, -0.15) is 0 Å². The van der Waals surface area contributed by atoms with Crippen LogP contribution in [-0.4, -0.2) is 34.6 Å². The molecule has 0 radical (unpaired) electrons. The third kappa shape index (κ3) is 2.53. The lowest BCUT2D eigenvalue weighted by atomic mass is 10.1. The molecule has 8 heteroatoms. The molecular weight excluding hydrogens is 332 g/mol. The van der Waals surface area contributed by atoms with Crippen LogP contribution in [0.25, 0.3) is 22.3 Å². The lowest BCUT2D eigenvalue weighted by molar-refractivity contribution is 0.323. The monoisotopic (exact) mass is 346 g/mol. The summed E-state index contributed by atoms with van der Waals surface area (Å²) in [6, 6.07) is 4.50. The SMILES string of the molecule is COc1cc(-c2cc(=O)c3c(O)cc(O)cc3o2)c(O)c(OC)c1O. The van der Waals surface area contributed by atoms with E-state index in [9.17, 15) is 25.2 Å². The number of hydrogen-bond acceptors (Lipinski definition) is 8. The quantitative estimate of drug-likeness (QED) is 0.568. The normalized spacial score (nSPS) is 10.8. The summed E-state index contributed by atoms with van der Waals surface area (Å²) in [6.07, 6.45) is 0. The second kappa shape index (κ2) is 5.82. The number of ether oxygens (including phenoxy) is 2. The fourth-order valence-electron chi connectivity index (χ4n) is 2.54. The van der Waals surface area contributed by atoms with E-state index in [1.807, 2.05) is 0 Å². The zero-order valence-electron chi connectivity index (χ0n) is 13.2. The van der Waals surface area contributed by atoms with Gasteiger partial charge >= 0.3 is 0 Å². The van der Waals surface area contributed by atoms with Crippen molar-refractivity contribution in [1.29, 1.82) is 0 Å². The van der Waals surface area contributed by atoms with Crippen molar-refractivity contribution in [3.63, 3.8) is 0 Å². The van der Waals surface area contributed by atoms with Crippen molar-refractivity contribution in [2.45, 2.75) is 0 Å². The molecule has 0 bridgehead atoms. The molecule has 3 aromatic rings. The first kappa shape index (κ1) is 16.3. The molecule has 0 aliphatic rings. The summed E-state index contributed by atoms with van der Waals surface area (Å²) in [6.45, 7) is 0. The predicted molar refractivity (Wildman–Crippen MR) is 87.7 cm³/mol. The average molecular weight is 346 g/mol. The smallest absolute Gasteiger partial charge is 0.207 e. The summed E-state index contributed by atoms with van der Waals surface area (Å²) >= 11 is 0. The van der Waals surface area contributed by atoms with Crippen LogP contribution in [0.1, 0.15) is 0 Å². The van der Waals surface area contributed by atoms with E-state index in [4.69, 9.17) is 13.9 Å². The van der Waals surface area contributed by atoms with Gasteiger partial charge in [-0.05, 0) is 6.07 Å². The van der Waals surface area contributed by atoms with E-state index < -0.39 is 22.7 Å². The first-order valence-corrected chi connectivity index (χ1v) is 7.04. The zero-order chi connectivity index (χ0) is 18.3. The highest BCUT2D eigenvalue weighted by Gasteiger charge is 2.22. The minimum absolute atomic E-state index is 0.00819. The number of fused-ring (bicyclic) bond motifs is 1. The van der Waals surface area contributed by atoms with E-state index in [0.29, 0.717) is 0 Å². The van der Waals surface area contributed by atoms with Crippen LogP contribution >= 0.6 is 0 Å². The molecule has 130 valence electrons. The molecule has 0 saturated heterocycles. The van der Waals surface area contributed by atoms with Gasteiger partial charge in [0.2, 0.25) is 11.5 Å². The number of rotatable bonds is 3. The van der Waals surface area contributed by atoms with Gasteiger partial charge in [-0.25, -0.2) is 0 Å². The van der Waals surface area contributed by atoms with E-state index in [2.05, 4.69) is 0 Å². The highest BCUT2D eigenvalue weighted by Crippen LogP contribution is 2.49. The maximum atomic E-state index is 12.3. The van der Waals surface area contributed by atoms with Crippen LogP contribution in [0.3, 0.4) is 0 Å². The number of benzene rings is 2. The Bertz CT molecular complexity index is 1040. The molecule has 8 nitrogen and oxygen atoms in total. The topological polar surface area (TPSA) is 130 Å². The number of methoxy groups -OCH3 is 2. The molecule has 3 rings (SSSR count). The van der Waals surface area contributed by atoms with Gasteiger partial charge in [-0.1, -0.05) is 0 Å². The minimum Gasteiger partial charge on any atom is -0.508 e. The van der Waals surface area contributed by atoms with Gasteiger partial charge in [0.15, 0.2) is 16.9 Å². The third-order valence-corrected chi connectivity index (χ3v) is 3.68. The molecule has 4 N–H and O–H groups in total. The molecule has 0 aliphatic carbocycles. The van der Waals surface area contributed by atoms with E-state index >= 15 is 0 Å². The van der Waals surface area contributed by atoms with Crippen LogP contribution in [0.2, 0.25) is 0 Å². The molecule has 0 unspecified atom stereocenters. The van der Waals surface area contributed by atoms with Gasteiger partial charge < -0.3 is 34.3 Å². The molecule has 25 heavy (non-hydrogen) atoms. The summed E-state index contributed by atoms with van der Waals surface area (Å²) in [5.74, 6) is -1.94. The Labute approximate surface area is 140 Å². The van der Waals surface area contributed by atoms with Crippen molar-refractivity contribution < 1.29 is 34.3 Å². The number of phenols is 4. The Morgan fingerprint density at radius 1 is 0.920 bits per heavy atom. The molecule has 2 aromatic carbocycles. The lowest BCUT2D eigenvalue weighted by Crippen LogP contribution is -2.01. The van der Waals surface area contributed by atoms with Crippen LogP contribution in [0, 0.1) is 0 Å². The molecular formula is C17H14O8.